The molecule has 1 fully saturated rings. The van der Waals surface area contributed by atoms with Gasteiger partial charge in [-0.1, -0.05) is 31.2 Å². The van der Waals surface area contributed by atoms with Crippen LogP contribution < -0.4 is 5.73 Å². The van der Waals surface area contributed by atoms with Crippen LogP contribution in [0.1, 0.15) is 43.4 Å². The highest BCUT2D eigenvalue weighted by atomic mass is 15.2. The number of benzene rings is 1. The summed E-state index contributed by atoms with van der Waals surface area (Å²) < 4.78 is 0. The molecule has 2 unspecified atom stereocenters. The topological polar surface area (TPSA) is 29.3 Å². The molecule has 1 aromatic rings. The zero-order valence-corrected chi connectivity index (χ0v) is 11.3. The average Bonchev–Trinajstić information content (AvgIpc) is 2.41. The Balaban J connectivity index is 1.76. The second-order valence-corrected chi connectivity index (χ2v) is 6.05. The molecule has 2 atom stereocenters. The summed E-state index contributed by atoms with van der Waals surface area (Å²) in [6.07, 6.45) is 5.10. The third-order valence-electron chi connectivity index (χ3n) is 4.83. The molecule has 18 heavy (non-hydrogen) atoms. The molecule has 0 radical (unpaired) electrons. The van der Waals surface area contributed by atoms with Crippen molar-refractivity contribution in [3.8, 4) is 0 Å². The van der Waals surface area contributed by atoms with Gasteiger partial charge in [0, 0.05) is 12.1 Å². The summed E-state index contributed by atoms with van der Waals surface area (Å²) in [5.41, 5.74) is 9.36. The summed E-state index contributed by atoms with van der Waals surface area (Å²) in [6.45, 7) is 4.84. The minimum atomic E-state index is 0.211. The van der Waals surface area contributed by atoms with Gasteiger partial charge in [0.2, 0.25) is 0 Å². The lowest BCUT2D eigenvalue weighted by Gasteiger charge is -2.42. The maximum Gasteiger partial charge on any atom is 0.0455 e. The molecule has 2 nitrogen and oxygen atoms in total. The van der Waals surface area contributed by atoms with Gasteiger partial charge in [-0.25, -0.2) is 0 Å². The zero-order valence-electron chi connectivity index (χ0n) is 11.3. The van der Waals surface area contributed by atoms with E-state index in [2.05, 4.69) is 36.1 Å². The lowest BCUT2D eigenvalue weighted by atomic mass is 9.82. The van der Waals surface area contributed by atoms with E-state index >= 15 is 0 Å². The van der Waals surface area contributed by atoms with Gasteiger partial charge in [0.15, 0.2) is 0 Å². The normalized spacial score (nSPS) is 30.1. The van der Waals surface area contributed by atoms with Crippen LogP contribution in [0.3, 0.4) is 0 Å². The van der Waals surface area contributed by atoms with E-state index in [9.17, 15) is 0 Å². The summed E-state index contributed by atoms with van der Waals surface area (Å²) >= 11 is 0. The van der Waals surface area contributed by atoms with Crippen molar-refractivity contribution in [1.29, 1.82) is 0 Å². The van der Waals surface area contributed by atoms with E-state index in [1.54, 1.807) is 0 Å². The van der Waals surface area contributed by atoms with Crippen LogP contribution in [0.25, 0.3) is 0 Å². The molecule has 1 aliphatic heterocycles. The van der Waals surface area contributed by atoms with Crippen molar-refractivity contribution in [3.05, 3.63) is 35.4 Å². The molecule has 0 amide bonds. The van der Waals surface area contributed by atoms with Crippen molar-refractivity contribution in [2.75, 3.05) is 13.1 Å². The monoisotopic (exact) mass is 244 g/mol. The summed E-state index contributed by atoms with van der Waals surface area (Å²) in [4.78, 5) is 2.64. The predicted molar refractivity (Wildman–Crippen MR) is 75.5 cm³/mol. The molecule has 1 aliphatic carbocycles. The Morgan fingerprint density at radius 3 is 2.61 bits per heavy atom. The maximum absolute atomic E-state index is 6.51. The molecule has 1 saturated heterocycles. The second kappa shape index (κ2) is 5.02. The third kappa shape index (κ3) is 2.19. The van der Waals surface area contributed by atoms with Gasteiger partial charge < -0.3 is 5.73 Å². The predicted octanol–water partition coefficient (Wildman–Crippen LogP) is 2.73. The van der Waals surface area contributed by atoms with Crippen LogP contribution in [0.5, 0.6) is 0 Å². The Morgan fingerprint density at radius 1 is 1.11 bits per heavy atom. The number of fused-ring (bicyclic) bond motifs is 1. The largest absolute Gasteiger partial charge is 0.323 e. The van der Waals surface area contributed by atoms with Crippen molar-refractivity contribution in [3.63, 3.8) is 0 Å². The lowest BCUT2D eigenvalue weighted by Crippen LogP contribution is -2.48. The van der Waals surface area contributed by atoms with Crippen LogP contribution in [0, 0.1) is 5.92 Å². The standard InChI is InChI=1S/C16H24N2/c1-12-8-10-18(11-9-12)15-7-6-13-4-2-3-5-14(13)16(15)17/h2-5,12,15-16H,6-11,17H2,1H3. The minimum Gasteiger partial charge on any atom is -0.323 e. The summed E-state index contributed by atoms with van der Waals surface area (Å²) in [5, 5.41) is 0. The fraction of sp³-hybridized carbons (Fsp3) is 0.625. The highest BCUT2D eigenvalue weighted by Gasteiger charge is 2.32. The van der Waals surface area contributed by atoms with E-state index in [0.717, 1.165) is 5.92 Å². The van der Waals surface area contributed by atoms with Gasteiger partial charge >= 0.3 is 0 Å². The molecule has 0 spiro atoms. The first kappa shape index (κ1) is 12.2. The molecular formula is C16H24N2. The lowest BCUT2D eigenvalue weighted by molar-refractivity contribution is 0.109. The molecule has 2 N–H and O–H groups in total. The van der Waals surface area contributed by atoms with Crippen molar-refractivity contribution in [1.82, 2.24) is 4.90 Å². The minimum absolute atomic E-state index is 0.211. The summed E-state index contributed by atoms with van der Waals surface area (Å²) in [7, 11) is 0. The molecular weight excluding hydrogens is 220 g/mol. The molecule has 2 aliphatic rings. The first-order valence-electron chi connectivity index (χ1n) is 7.33. The second-order valence-electron chi connectivity index (χ2n) is 6.05. The van der Waals surface area contributed by atoms with Gasteiger partial charge in [0.25, 0.3) is 0 Å². The number of nitrogens with two attached hydrogens (primary N) is 1. The average molecular weight is 244 g/mol. The van der Waals surface area contributed by atoms with E-state index in [-0.39, 0.29) is 6.04 Å². The van der Waals surface area contributed by atoms with Crippen LogP contribution in [-0.2, 0) is 6.42 Å². The summed E-state index contributed by atoms with van der Waals surface area (Å²) in [5.74, 6) is 0.897. The molecule has 3 rings (SSSR count). The summed E-state index contributed by atoms with van der Waals surface area (Å²) in [6, 6.07) is 9.49. The van der Waals surface area contributed by atoms with Crippen LogP contribution in [0.15, 0.2) is 24.3 Å². The fourth-order valence-electron chi connectivity index (χ4n) is 3.55. The van der Waals surface area contributed by atoms with Gasteiger partial charge in [-0.3, -0.25) is 4.90 Å². The van der Waals surface area contributed by atoms with Gasteiger partial charge in [0.1, 0.15) is 0 Å². The zero-order chi connectivity index (χ0) is 12.5. The molecule has 98 valence electrons. The van der Waals surface area contributed by atoms with Crippen molar-refractivity contribution in [2.24, 2.45) is 11.7 Å². The Morgan fingerprint density at radius 2 is 1.83 bits per heavy atom. The number of hydrogen-bond acceptors (Lipinski definition) is 2. The van der Waals surface area contributed by atoms with Gasteiger partial charge in [-0.2, -0.15) is 0 Å². The Hall–Kier alpha value is -0.860. The first-order chi connectivity index (χ1) is 8.75. The van der Waals surface area contributed by atoms with E-state index in [1.165, 1.54) is 49.9 Å². The Bertz CT molecular complexity index is 407. The number of hydrogen-bond donors (Lipinski definition) is 1. The van der Waals surface area contributed by atoms with E-state index in [4.69, 9.17) is 5.73 Å². The molecule has 1 heterocycles. The highest BCUT2D eigenvalue weighted by molar-refractivity contribution is 5.33. The van der Waals surface area contributed by atoms with Gasteiger partial charge in [-0.15, -0.1) is 0 Å². The van der Waals surface area contributed by atoms with E-state index < -0.39 is 0 Å². The number of rotatable bonds is 1. The molecule has 1 aromatic carbocycles. The van der Waals surface area contributed by atoms with Crippen LogP contribution in [0.2, 0.25) is 0 Å². The molecule has 2 heteroatoms. The van der Waals surface area contributed by atoms with Crippen molar-refractivity contribution >= 4 is 0 Å². The fourth-order valence-corrected chi connectivity index (χ4v) is 3.55. The highest BCUT2D eigenvalue weighted by Crippen LogP contribution is 2.33. The maximum atomic E-state index is 6.51. The Kier molecular flexibility index (Phi) is 3.40. The number of likely N-dealkylation sites (tertiary alicyclic amines) is 1. The first-order valence-corrected chi connectivity index (χ1v) is 7.33. The van der Waals surface area contributed by atoms with Gasteiger partial charge in [-0.05, 0) is 55.8 Å². The van der Waals surface area contributed by atoms with Gasteiger partial charge in [0.05, 0.1) is 0 Å². The SMILES string of the molecule is CC1CCN(C2CCc3ccccc3C2N)CC1. The van der Waals surface area contributed by atoms with Crippen molar-refractivity contribution in [2.45, 2.75) is 44.7 Å². The van der Waals surface area contributed by atoms with Crippen LogP contribution in [0.4, 0.5) is 0 Å². The smallest absolute Gasteiger partial charge is 0.0455 e. The quantitative estimate of drug-likeness (QED) is 0.823. The number of nitrogens with zero attached hydrogens (tertiary/aromatic N) is 1. The molecule has 0 aromatic heterocycles. The van der Waals surface area contributed by atoms with Crippen LogP contribution in [-0.4, -0.2) is 24.0 Å². The number of piperidine rings is 1. The molecule has 0 bridgehead atoms. The Labute approximate surface area is 110 Å². The third-order valence-corrected chi connectivity index (χ3v) is 4.83. The van der Waals surface area contributed by atoms with E-state index in [0.29, 0.717) is 6.04 Å². The molecule has 0 saturated carbocycles. The van der Waals surface area contributed by atoms with E-state index in [1.807, 2.05) is 0 Å². The van der Waals surface area contributed by atoms with Crippen molar-refractivity contribution < 1.29 is 0 Å². The van der Waals surface area contributed by atoms with Crippen LogP contribution >= 0.6 is 0 Å². The number of aryl methyl sites for hydroxylation is 1.